The molecule has 2 heterocycles. The molecule has 1 N–H and O–H groups in total. The van der Waals surface area contributed by atoms with E-state index in [0.29, 0.717) is 60.8 Å². The van der Waals surface area contributed by atoms with E-state index in [1.54, 1.807) is 47.1 Å². The summed E-state index contributed by atoms with van der Waals surface area (Å²) in [6.45, 7) is 3.63. The van der Waals surface area contributed by atoms with Gasteiger partial charge in [-0.15, -0.1) is 0 Å². The molecule has 0 saturated carbocycles. The number of nitrogens with zero attached hydrogens (tertiary/aromatic N) is 3. The first kappa shape index (κ1) is 25.0. The van der Waals surface area contributed by atoms with Crippen molar-refractivity contribution in [1.82, 2.24) is 14.8 Å². The van der Waals surface area contributed by atoms with Crippen LogP contribution in [0.4, 0.5) is 10.5 Å². The number of fused-ring (bicyclic) bond motifs is 1. The molecule has 192 valence electrons. The summed E-state index contributed by atoms with van der Waals surface area (Å²) in [4.78, 5) is 47.1. The van der Waals surface area contributed by atoms with Gasteiger partial charge in [-0.25, -0.2) is 9.78 Å². The van der Waals surface area contributed by atoms with E-state index in [2.05, 4.69) is 5.32 Å². The number of benzene rings is 3. The van der Waals surface area contributed by atoms with Crippen LogP contribution in [-0.2, 0) is 4.74 Å². The van der Waals surface area contributed by atoms with Crippen LogP contribution >= 0.6 is 0 Å². The summed E-state index contributed by atoms with van der Waals surface area (Å²) < 4.78 is 5.07. The third kappa shape index (κ3) is 5.20. The van der Waals surface area contributed by atoms with Gasteiger partial charge in [0.15, 0.2) is 0 Å². The summed E-state index contributed by atoms with van der Waals surface area (Å²) in [7, 11) is 0. The molecule has 3 aromatic carbocycles. The number of aromatic nitrogens is 1. The zero-order chi connectivity index (χ0) is 26.5. The molecule has 1 aliphatic heterocycles. The number of para-hydroxylation sites is 2. The molecular weight excluding hydrogens is 480 g/mol. The maximum Gasteiger partial charge on any atom is 0.409 e. The number of carbonyl (C=O) groups is 3. The summed E-state index contributed by atoms with van der Waals surface area (Å²) in [6, 6.07) is 26.0. The lowest BCUT2D eigenvalue weighted by Crippen LogP contribution is -2.50. The number of carbonyl (C=O) groups excluding carboxylic acids is 3. The molecule has 8 nitrogen and oxygen atoms in total. The zero-order valence-corrected chi connectivity index (χ0v) is 21.1. The van der Waals surface area contributed by atoms with E-state index in [4.69, 9.17) is 9.72 Å². The van der Waals surface area contributed by atoms with Crippen LogP contribution in [0.3, 0.4) is 0 Å². The van der Waals surface area contributed by atoms with E-state index in [1.165, 1.54) is 0 Å². The molecular formula is C30H28N4O4. The van der Waals surface area contributed by atoms with Gasteiger partial charge in [-0.3, -0.25) is 9.59 Å². The second kappa shape index (κ2) is 11.1. The Hall–Kier alpha value is -4.72. The van der Waals surface area contributed by atoms with E-state index >= 15 is 0 Å². The highest BCUT2D eigenvalue weighted by Crippen LogP contribution is 2.26. The molecule has 0 atom stereocenters. The van der Waals surface area contributed by atoms with Crippen LogP contribution in [0.2, 0.25) is 0 Å². The normalized spacial score (nSPS) is 13.3. The van der Waals surface area contributed by atoms with Gasteiger partial charge in [0.05, 0.1) is 34.6 Å². The molecule has 1 saturated heterocycles. The zero-order valence-electron chi connectivity index (χ0n) is 21.1. The molecule has 1 aliphatic rings. The first-order chi connectivity index (χ1) is 18.5. The van der Waals surface area contributed by atoms with Crippen LogP contribution in [0.25, 0.3) is 22.2 Å². The van der Waals surface area contributed by atoms with Crippen molar-refractivity contribution in [2.24, 2.45) is 0 Å². The number of hydrogen-bond donors (Lipinski definition) is 1. The van der Waals surface area contributed by atoms with Crippen molar-refractivity contribution in [3.63, 3.8) is 0 Å². The number of ether oxygens (including phenoxy) is 1. The maximum absolute atomic E-state index is 13.6. The molecule has 4 aromatic rings. The van der Waals surface area contributed by atoms with Crippen molar-refractivity contribution in [1.29, 1.82) is 0 Å². The maximum atomic E-state index is 13.6. The molecule has 0 bridgehead atoms. The van der Waals surface area contributed by atoms with Crippen molar-refractivity contribution in [3.05, 3.63) is 96.1 Å². The van der Waals surface area contributed by atoms with E-state index in [-0.39, 0.29) is 17.9 Å². The SMILES string of the molecule is CCOC(=O)N1CCN(C(=O)c2ccccc2NC(=O)c2cc(-c3ccccc3)nc3ccccc23)CC1. The Bertz CT molecular complexity index is 1480. The Morgan fingerprint density at radius 2 is 1.47 bits per heavy atom. The molecule has 1 aromatic heterocycles. The van der Waals surface area contributed by atoms with Crippen LogP contribution in [0.5, 0.6) is 0 Å². The number of amides is 3. The van der Waals surface area contributed by atoms with E-state index in [0.717, 1.165) is 10.9 Å². The first-order valence-electron chi connectivity index (χ1n) is 12.6. The summed E-state index contributed by atoms with van der Waals surface area (Å²) in [5, 5.41) is 3.69. The number of anilines is 1. The fourth-order valence-electron chi connectivity index (χ4n) is 4.57. The van der Waals surface area contributed by atoms with Crippen LogP contribution in [0, 0.1) is 0 Å². The van der Waals surface area contributed by atoms with Crippen molar-refractivity contribution in [3.8, 4) is 11.3 Å². The lowest BCUT2D eigenvalue weighted by Gasteiger charge is -2.34. The molecule has 3 amide bonds. The number of piperazine rings is 1. The van der Waals surface area contributed by atoms with Gasteiger partial charge in [-0.1, -0.05) is 60.7 Å². The minimum absolute atomic E-state index is 0.200. The van der Waals surface area contributed by atoms with Gasteiger partial charge < -0.3 is 19.9 Å². The van der Waals surface area contributed by atoms with Crippen molar-refractivity contribution >= 4 is 34.5 Å². The van der Waals surface area contributed by atoms with Gasteiger partial charge in [0.1, 0.15) is 0 Å². The summed E-state index contributed by atoms with van der Waals surface area (Å²) in [5.74, 6) is -0.526. The largest absolute Gasteiger partial charge is 0.450 e. The molecule has 8 heteroatoms. The number of nitrogens with one attached hydrogen (secondary N) is 1. The summed E-state index contributed by atoms with van der Waals surface area (Å²) >= 11 is 0. The summed E-state index contributed by atoms with van der Waals surface area (Å²) in [6.07, 6.45) is -0.369. The quantitative estimate of drug-likeness (QED) is 0.407. The molecule has 1 fully saturated rings. The van der Waals surface area contributed by atoms with Crippen molar-refractivity contribution in [2.45, 2.75) is 6.92 Å². The molecule has 5 rings (SSSR count). The molecule has 0 spiro atoms. The van der Waals surface area contributed by atoms with Crippen LogP contribution in [0.15, 0.2) is 84.9 Å². The third-order valence-corrected chi connectivity index (χ3v) is 6.53. The topological polar surface area (TPSA) is 91.8 Å². The Morgan fingerprint density at radius 1 is 0.816 bits per heavy atom. The predicted octanol–water partition coefficient (Wildman–Crippen LogP) is 5.07. The lowest BCUT2D eigenvalue weighted by atomic mass is 10.0. The average molecular weight is 509 g/mol. The molecule has 0 aliphatic carbocycles. The molecule has 0 unspecified atom stereocenters. The van der Waals surface area contributed by atoms with Crippen LogP contribution in [0.1, 0.15) is 27.6 Å². The Kier molecular flexibility index (Phi) is 7.31. The number of rotatable bonds is 5. The minimum Gasteiger partial charge on any atom is -0.450 e. The number of pyridine rings is 1. The van der Waals surface area contributed by atoms with Gasteiger partial charge >= 0.3 is 6.09 Å². The highest BCUT2D eigenvalue weighted by molar-refractivity contribution is 6.15. The Labute approximate surface area is 220 Å². The highest BCUT2D eigenvalue weighted by Gasteiger charge is 2.27. The Morgan fingerprint density at radius 3 is 2.24 bits per heavy atom. The van der Waals surface area contributed by atoms with E-state index in [1.807, 2.05) is 54.6 Å². The fraction of sp³-hybridized carbons (Fsp3) is 0.200. The monoisotopic (exact) mass is 508 g/mol. The second-order valence-corrected chi connectivity index (χ2v) is 8.92. The average Bonchev–Trinajstić information content (AvgIpc) is 2.97. The standard InChI is InChI=1S/C30H28N4O4/c1-2-38-30(37)34-18-16-33(17-19-34)29(36)23-13-7-9-15-26(23)32-28(35)24-20-27(21-10-4-3-5-11-21)31-25-14-8-6-12-22(24)25/h3-15,20H,2,16-19H2,1H3,(H,32,35). The highest BCUT2D eigenvalue weighted by atomic mass is 16.6. The Balaban J connectivity index is 1.40. The summed E-state index contributed by atoms with van der Waals surface area (Å²) in [5.41, 5.74) is 3.61. The smallest absolute Gasteiger partial charge is 0.409 e. The second-order valence-electron chi connectivity index (χ2n) is 8.92. The lowest BCUT2D eigenvalue weighted by molar-refractivity contribution is 0.0571. The van der Waals surface area contributed by atoms with Crippen molar-refractivity contribution in [2.75, 3.05) is 38.1 Å². The van der Waals surface area contributed by atoms with E-state index < -0.39 is 0 Å². The van der Waals surface area contributed by atoms with Crippen molar-refractivity contribution < 1.29 is 19.1 Å². The van der Waals surface area contributed by atoms with Gasteiger partial charge in [0.2, 0.25) is 0 Å². The predicted molar refractivity (Wildman–Crippen MR) is 146 cm³/mol. The molecule has 0 radical (unpaired) electrons. The first-order valence-corrected chi connectivity index (χ1v) is 12.6. The third-order valence-electron chi connectivity index (χ3n) is 6.53. The molecule has 38 heavy (non-hydrogen) atoms. The van der Waals surface area contributed by atoms with Gasteiger partial charge in [-0.05, 0) is 31.2 Å². The van der Waals surface area contributed by atoms with Crippen LogP contribution in [-0.4, -0.2) is 65.5 Å². The fourth-order valence-corrected chi connectivity index (χ4v) is 4.57. The van der Waals surface area contributed by atoms with Gasteiger partial charge in [0.25, 0.3) is 11.8 Å². The number of hydrogen-bond acceptors (Lipinski definition) is 5. The van der Waals surface area contributed by atoms with Crippen LogP contribution < -0.4 is 5.32 Å². The van der Waals surface area contributed by atoms with Gasteiger partial charge in [0, 0.05) is 37.1 Å². The van der Waals surface area contributed by atoms with Gasteiger partial charge in [-0.2, -0.15) is 0 Å². The minimum atomic E-state index is -0.369. The van der Waals surface area contributed by atoms with E-state index in [9.17, 15) is 14.4 Å².